The van der Waals surface area contributed by atoms with E-state index in [1.54, 1.807) is 13.0 Å². The molecule has 0 spiro atoms. The minimum Gasteiger partial charge on any atom is -0.475 e. The van der Waals surface area contributed by atoms with Crippen LogP contribution in [0.15, 0.2) is 30.3 Å². The highest BCUT2D eigenvalue weighted by Crippen LogP contribution is 2.19. The molecule has 1 aromatic heterocycles. The molecular formula is C15H16N2O2. The molecule has 1 N–H and O–H groups in total. The summed E-state index contributed by atoms with van der Waals surface area (Å²) in [4.78, 5) is 18.9. The van der Waals surface area contributed by atoms with Crippen molar-refractivity contribution in [1.82, 2.24) is 9.97 Å². The van der Waals surface area contributed by atoms with E-state index >= 15 is 0 Å². The average Bonchev–Trinajstić information content (AvgIpc) is 2.39. The van der Waals surface area contributed by atoms with Gasteiger partial charge in [-0.3, -0.25) is 0 Å². The minimum atomic E-state index is -1.10. The molecule has 0 aliphatic carbocycles. The first kappa shape index (κ1) is 13.2. The van der Waals surface area contributed by atoms with Crippen molar-refractivity contribution in [1.29, 1.82) is 0 Å². The molecule has 0 radical (unpaired) electrons. The van der Waals surface area contributed by atoms with Crippen LogP contribution in [0.4, 0.5) is 0 Å². The maximum absolute atomic E-state index is 11.0. The Morgan fingerprint density at radius 3 is 2.47 bits per heavy atom. The lowest BCUT2D eigenvalue weighted by Crippen LogP contribution is -2.06. The lowest BCUT2D eigenvalue weighted by Gasteiger charge is -2.05. The highest BCUT2D eigenvalue weighted by molar-refractivity contribution is 5.84. The fraction of sp³-hybridized carbons (Fsp3) is 0.267. The van der Waals surface area contributed by atoms with Crippen molar-refractivity contribution in [3.63, 3.8) is 0 Å². The van der Waals surface area contributed by atoms with Crippen LogP contribution in [0.5, 0.6) is 0 Å². The molecule has 0 atom stereocenters. The van der Waals surface area contributed by atoms with Crippen LogP contribution >= 0.6 is 0 Å². The largest absolute Gasteiger partial charge is 0.475 e. The Hall–Kier alpha value is -2.23. The molecule has 19 heavy (non-hydrogen) atoms. The van der Waals surface area contributed by atoms with Crippen molar-refractivity contribution in [2.75, 3.05) is 0 Å². The van der Waals surface area contributed by atoms with Gasteiger partial charge in [0, 0.05) is 11.3 Å². The van der Waals surface area contributed by atoms with Crippen LogP contribution in [0, 0.1) is 6.92 Å². The van der Waals surface area contributed by atoms with Gasteiger partial charge in [-0.2, -0.15) is 0 Å². The van der Waals surface area contributed by atoms with Crippen LogP contribution in [0.3, 0.4) is 0 Å². The summed E-state index contributed by atoms with van der Waals surface area (Å²) in [6, 6.07) is 9.84. The Balaban J connectivity index is 2.38. The molecule has 1 heterocycles. The van der Waals surface area contributed by atoms with Crippen molar-refractivity contribution in [2.45, 2.75) is 26.7 Å². The number of nitrogens with zero attached hydrogens (tertiary/aromatic N) is 2. The van der Waals surface area contributed by atoms with Crippen LogP contribution in [0.1, 0.15) is 35.2 Å². The number of aromatic nitrogens is 2. The van der Waals surface area contributed by atoms with Gasteiger partial charge in [0.05, 0.1) is 5.69 Å². The summed E-state index contributed by atoms with van der Waals surface area (Å²) in [7, 11) is 0. The molecule has 0 saturated carbocycles. The lowest BCUT2D eigenvalue weighted by atomic mass is 10.1. The van der Waals surface area contributed by atoms with E-state index in [9.17, 15) is 4.79 Å². The van der Waals surface area contributed by atoms with E-state index in [1.165, 1.54) is 5.56 Å². The van der Waals surface area contributed by atoms with Crippen molar-refractivity contribution < 1.29 is 9.90 Å². The third kappa shape index (κ3) is 3.16. The molecule has 0 saturated heterocycles. The SMILES string of the molecule is CCCc1ccc(-c2cc(C)nc(C(=O)O)n2)cc1. The number of carbonyl (C=O) groups is 1. The fourth-order valence-corrected chi connectivity index (χ4v) is 1.94. The van der Waals surface area contributed by atoms with E-state index in [0.29, 0.717) is 11.4 Å². The first-order valence-corrected chi connectivity index (χ1v) is 6.28. The summed E-state index contributed by atoms with van der Waals surface area (Å²) in [6.07, 6.45) is 2.15. The van der Waals surface area contributed by atoms with Crippen molar-refractivity contribution >= 4 is 5.97 Å². The van der Waals surface area contributed by atoms with E-state index in [-0.39, 0.29) is 5.82 Å². The highest BCUT2D eigenvalue weighted by atomic mass is 16.4. The number of aryl methyl sites for hydroxylation is 2. The molecule has 0 fully saturated rings. The Kier molecular flexibility index (Phi) is 3.90. The molecule has 0 unspecified atom stereocenters. The number of rotatable bonds is 4. The Labute approximate surface area is 112 Å². The summed E-state index contributed by atoms with van der Waals surface area (Å²) in [5.74, 6) is -1.26. The summed E-state index contributed by atoms with van der Waals surface area (Å²) in [6.45, 7) is 3.91. The van der Waals surface area contributed by atoms with Gasteiger partial charge in [0.1, 0.15) is 0 Å². The van der Waals surface area contributed by atoms with Gasteiger partial charge >= 0.3 is 5.97 Å². The smallest absolute Gasteiger partial charge is 0.373 e. The van der Waals surface area contributed by atoms with Gasteiger partial charge in [-0.15, -0.1) is 0 Å². The maximum Gasteiger partial charge on any atom is 0.373 e. The number of benzene rings is 1. The molecule has 4 nitrogen and oxygen atoms in total. The molecule has 2 aromatic rings. The molecule has 0 bridgehead atoms. The zero-order valence-corrected chi connectivity index (χ0v) is 11.1. The van der Waals surface area contributed by atoms with E-state index in [4.69, 9.17) is 5.11 Å². The van der Waals surface area contributed by atoms with Gasteiger partial charge in [-0.25, -0.2) is 14.8 Å². The van der Waals surface area contributed by atoms with Crippen LogP contribution < -0.4 is 0 Å². The second kappa shape index (κ2) is 5.61. The normalized spacial score (nSPS) is 10.4. The van der Waals surface area contributed by atoms with Gasteiger partial charge in [0.2, 0.25) is 5.82 Å². The second-order valence-corrected chi connectivity index (χ2v) is 4.47. The van der Waals surface area contributed by atoms with Crippen LogP contribution in [-0.4, -0.2) is 21.0 Å². The monoisotopic (exact) mass is 256 g/mol. The van der Waals surface area contributed by atoms with E-state index in [2.05, 4.69) is 29.0 Å². The standard InChI is InChI=1S/C15H16N2O2/c1-3-4-11-5-7-12(8-6-11)13-9-10(2)16-14(17-13)15(18)19/h5-9H,3-4H2,1-2H3,(H,18,19). The Morgan fingerprint density at radius 1 is 1.21 bits per heavy atom. The summed E-state index contributed by atoms with van der Waals surface area (Å²) < 4.78 is 0. The van der Waals surface area contributed by atoms with Crippen molar-refractivity contribution in [3.05, 3.63) is 47.4 Å². The topological polar surface area (TPSA) is 63.1 Å². The lowest BCUT2D eigenvalue weighted by molar-refractivity contribution is 0.0683. The van der Waals surface area contributed by atoms with Gasteiger partial charge in [-0.1, -0.05) is 37.6 Å². The average molecular weight is 256 g/mol. The first-order valence-electron chi connectivity index (χ1n) is 6.28. The number of aromatic carboxylic acids is 1. The van der Waals surface area contributed by atoms with Gasteiger partial charge in [0.25, 0.3) is 0 Å². The van der Waals surface area contributed by atoms with E-state index in [0.717, 1.165) is 18.4 Å². The van der Waals surface area contributed by atoms with E-state index in [1.807, 2.05) is 12.1 Å². The Bertz CT molecular complexity index is 592. The predicted molar refractivity (Wildman–Crippen MR) is 73.2 cm³/mol. The zero-order chi connectivity index (χ0) is 13.8. The highest BCUT2D eigenvalue weighted by Gasteiger charge is 2.10. The quantitative estimate of drug-likeness (QED) is 0.913. The number of carboxylic acid groups (broad SMARTS) is 1. The number of carboxylic acids is 1. The predicted octanol–water partition coefficient (Wildman–Crippen LogP) is 3.10. The minimum absolute atomic E-state index is 0.160. The summed E-state index contributed by atoms with van der Waals surface area (Å²) >= 11 is 0. The maximum atomic E-state index is 11.0. The zero-order valence-electron chi connectivity index (χ0n) is 11.1. The molecule has 0 aliphatic rings. The Morgan fingerprint density at radius 2 is 1.89 bits per heavy atom. The molecule has 0 amide bonds. The van der Waals surface area contributed by atoms with Gasteiger partial charge < -0.3 is 5.11 Å². The molecule has 0 aliphatic heterocycles. The van der Waals surface area contributed by atoms with Crippen LogP contribution in [-0.2, 0) is 6.42 Å². The summed E-state index contributed by atoms with van der Waals surface area (Å²) in [5.41, 5.74) is 3.48. The van der Waals surface area contributed by atoms with Crippen LogP contribution in [0.25, 0.3) is 11.3 Å². The molecule has 98 valence electrons. The van der Waals surface area contributed by atoms with Gasteiger partial charge in [0.15, 0.2) is 0 Å². The molecule has 4 heteroatoms. The molecule has 2 rings (SSSR count). The van der Waals surface area contributed by atoms with Gasteiger partial charge in [-0.05, 0) is 25.0 Å². The third-order valence-corrected chi connectivity index (χ3v) is 2.83. The first-order chi connectivity index (χ1) is 9.10. The number of hydrogen-bond donors (Lipinski definition) is 1. The molecule has 1 aromatic carbocycles. The molecular weight excluding hydrogens is 240 g/mol. The van der Waals surface area contributed by atoms with Crippen molar-refractivity contribution in [3.8, 4) is 11.3 Å². The number of hydrogen-bond acceptors (Lipinski definition) is 3. The van der Waals surface area contributed by atoms with Crippen LogP contribution in [0.2, 0.25) is 0 Å². The van der Waals surface area contributed by atoms with E-state index < -0.39 is 5.97 Å². The van der Waals surface area contributed by atoms with Crippen molar-refractivity contribution in [2.24, 2.45) is 0 Å². The fourth-order valence-electron chi connectivity index (χ4n) is 1.94. The second-order valence-electron chi connectivity index (χ2n) is 4.47. The summed E-state index contributed by atoms with van der Waals surface area (Å²) in [5, 5.41) is 8.97. The third-order valence-electron chi connectivity index (χ3n) is 2.83.